The molecule has 1 aromatic carbocycles. The first-order chi connectivity index (χ1) is 9.67. The van der Waals surface area contributed by atoms with Crippen molar-refractivity contribution in [3.8, 4) is 0 Å². The maximum Gasteiger partial charge on any atom is 0.266 e. The second-order valence-electron chi connectivity index (χ2n) is 5.67. The van der Waals surface area contributed by atoms with Crippen LogP contribution < -0.4 is 15.8 Å². The van der Waals surface area contributed by atoms with Gasteiger partial charge in [0.25, 0.3) is 10.1 Å². The van der Waals surface area contributed by atoms with Crippen LogP contribution >= 0.6 is 0 Å². The number of nitrogens with one attached hydrogen (secondary N) is 2. The topological polar surface area (TPSA) is 98.7 Å². The number of hydrazine groups is 1. The second-order valence-corrected chi connectivity index (χ2v) is 7.25. The molecule has 1 aliphatic rings. The number of amides is 1. The number of benzene rings is 1. The molecule has 1 aliphatic heterocycles. The van der Waals surface area contributed by atoms with E-state index in [9.17, 15) is 13.2 Å². The van der Waals surface area contributed by atoms with Crippen molar-refractivity contribution in [3.05, 3.63) is 24.3 Å². The minimum absolute atomic E-state index is 0.0350. The lowest BCUT2D eigenvalue weighted by Gasteiger charge is -2.19. The third kappa shape index (κ3) is 4.08. The Kier molecular flexibility index (Phi) is 4.11. The van der Waals surface area contributed by atoms with Gasteiger partial charge < -0.3 is 5.32 Å². The first kappa shape index (κ1) is 15.6. The fourth-order valence-electron chi connectivity index (χ4n) is 2.04. The number of carbonyl (C=O) groups is 1. The zero-order valence-corrected chi connectivity index (χ0v) is 12.8. The van der Waals surface area contributed by atoms with E-state index < -0.39 is 15.5 Å². The summed E-state index contributed by atoms with van der Waals surface area (Å²) in [4.78, 5) is 11.8. The fraction of sp³-hybridized carbons (Fsp3) is 0.462. The van der Waals surface area contributed by atoms with Gasteiger partial charge in [-0.2, -0.15) is 8.42 Å². The molecule has 8 heteroatoms. The second kappa shape index (κ2) is 5.53. The molecule has 1 fully saturated rings. The number of nitrogens with zero attached hydrogens (tertiary/aromatic N) is 1. The normalized spacial score (nSPS) is 17.7. The molecular weight excluding hydrogens is 294 g/mol. The Balaban J connectivity index is 2.03. The van der Waals surface area contributed by atoms with Crippen molar-refractivity contribution in [2.24, 2.45) is 5.41 Å². The standard InChI is InChI=1S/C13H19N3O4S/c1-13(2)9-16(15-12(13)17)11-5-3-4-10(8-11)14-6-7-21(18,19)20/h3-5,8,14H,6-7,9H2,1-2H3,(H,15,17)(H,18,19,20). The lowest BCUT2D eigenvalue weighted by Crippen LogP contribution is -2.33. The third-order valence-corrected chi connectivity index (χ3v) is 3.97. The summed E-state index contributed by atoms with van der Waals surface area (Å²) in [5, 5.41) is 4.68. The Morgan fingerprint density at radius 1 is 1.43 bits per heavy atom. The molecule has 7 nitrogen and oxygen atoms in total. The SMILES string of the molecule is CC1(C)CN(c2cccc(NCCS(=O)(=O)O)c2)NC1=O. The Bertz CT molecular complexity index is 643. The number of rotatable bonds is 5. The Morgan fingerprint density at radius 2 is 2.14 bits per heavy atom. The van der Waals surface area contributed by atoms with Gasteiger partial charge in [0.1, 0.15) is 0 Å². The van der Waals surface area contributed by atoms with Crippen LogP contribution in [0.25, 0.3) is 0 Å². The molecule has 1 saturated heterocycles. The molecule has 3 N–H and O–H groups in total. The minimum Gasteiger partial charge on any atom is -0.384 e. The summed E-state index contributed by atoms with van der Waals surface area (Å²) in [6.07, 6.45) is 0. The Morgan fingerprint density at radius 3 is 2.71 bits per heavy atom. The third-order valence-electron chi connectivity index (χ3n) is 3.25. The molecule has 0 atom stereocenters. The summed E-state index contributed by atoms with van der Waals surface area (Å²) in [5.41, 5.74) is 3.88. The van der Waals surface area contributed by atoms with Crippen molar-refractivity contribution in [1.82, 2.24) is 5.43 Å². The van der Waals surface area contributed by atoms with Crippen LogP contribution in [-0.4, -0.2) is 37.7 Å². The highest BCUT2D eigenvalue weighted by atomic mass is 32.2. The summed E-state index contributed by atoms with van der Waals surface area (Å²) in [5.74, 6) is -0.391. The van der Waals surface area contributed by atoms with Gasteiger partial charge in [-0.05, 0) is 32.0 Å². The number of hydrogen-bond donors (Lipinski definition) is 3. The van der Waals surface area contributed by atoms with E-state index in [1.807, 2.05) is 32.0 Å². The van der Waals surface area contributed by atoms with Crippen LogP contribution in [0.3, 0.4) is 0 Å². The monoisotopic (exact) mass is 313 g/mol. The van der Waals surface area contributed by atoms with Crippen LogP contribution in [0, 0.1) is 5.41 Å². The summed E-state index contributed by atoms with van der Waals surface area (Å²) in [6, 6.07) is 7.26. The van der Waals surface area contributed by atoms with Gasteiger partial charge in [-0.15, -0.1) is 0 Å². The van der Waals surface area contributed by atoms with Gasteiger partial charge >= 0.3 is 0 Å². The van der Waals surface area contributed by atoms with E-state index in [1.165, 1.54) is 0 Å². The van der Waals surface area contributed by atoms with E-state index in [-0.39, 0.29) is 18.2 Å². The Labute approximate surface area is 124 Å². The zero-order valence-electron chi connectivity index (χ0n) is 12.0. The highest BCUT2D eigenvalue weighted by molar-refractivity contribution is 7.85. The quantitative estimate of drug-likeness (QED) is 0.698. The van der Waals surface area contributed by atoms with E-state index in [4.69, 9.17) is 4.55 Å². The van der Waals surface area contributed by atoms with Crippen molar-refractivity contribution < 1.29 is 17.8 Å². The van der Waals surface area contributed by atoms with Gasteiger partial charge in [-0.1, -0.05) is 6.07 Å². The average Bonchev–Trinajstić information content (AvgIpc) is 2.63. The van der Waals surface area contributed by atoms with Crippen molar-refractivity contribution in [3.63, 3.8) is 0 Å². The molecule has 21 heavy (non-hydrogen) atoms. The molecule has 0 spiro atoms. The zero-order chi connectivity index (χ0) is 15.7. The number of hydrogen-bond acceptors (Lipinski definition) is 5. The number of anilines is 2. The molecule has 0 radical (unpaired) electrons. The summed E-state index contributed by atoms with van der Waals surface area (Å²) >= 11 is 0. The Hall–Kier alpha value is -1.80. The molecule has 0 bridgehead atoms. The van der Waals surface area contributed by atoms with Gasteiger partial charge in [-0.25, -0.2) is 0 Å². The van der Waals surface area contributed by atoms with E-state index >= 15 is 0 Å². The van der Waals surface area contributed by atoms with E-state index in [1.54, 1.807) is 11.1 Å². The highest BCUT2D eigenvalue weighted by Crippen LogP contribution is 2.28. The molecule has 116 valence electrons. The fourth-order valence-corrected chi connectivity index (χ4v) is 2.40. The van der Waals surface area contributed by atoms with Crippen LogP contribution in [0.1, 0.15) is 13.8 Å². The van der Waals surface area contributed by atoms with Gasteiger partial charge in [0, 0.05) is 12.2 Å². The number of carbonyl (C=O) groups excluding carboxylic acids is 1. The van der Waals surface area contributed by atoms with Crippen molar-refractivity contribution in [1.29, 1.82) is 0 Å². The molecular formula is C13H19N3O4S. The summed E-state index contributed by atoms with van der Waals surface area (Å²) < 4.78 is 30.0. The maximum atomic E-state index is 11.8. The van der Waals surface area contributed by atoms with Gasteiger partial charge in [0.05, 0.1) is 23.4 Å². The lowest BCUT2D eigenvalue weighted by atomic mass is 9.94. The van der Waals surface area contributed by atoms with Gasteiger partial charge in [-0.3, -0.25) is 19.8 Å². The predicted molar refractivity (Wildman–Crippen MR) is 80.6 cm³/mol. The lowest BCUT2D eigenvalue weighted by molar-refractivity contribution is -0.125. The van der Waals surface area contributed by atoms with E-state index in [0.29, 0.717) is 6.54 Å². The van der Waals surface area contributed by atoms with E-state index in [0.717, 1.165) is 11.4 Å². The van der Waals surface area contributed by atoms with Crippen LogP contribution in [0.5, 0.6) is 0 Å². The molecule has 0 unspecified atom stereocenters. The summed E-state index contributed by atoms with van der Waals surface area (Å²) in [7, 11) is -3.97. The smallest absolute Gasteiger partial charge is 0.266 e. The minimum atomic E-state index is -3.97. The highest BCUT2D eigenvalue weighted by Gasteiger charge is 2.38. The van der Waals surface area contributed by atoms with Crippen molar-refractivity contribution in [2.75, 3.05) is 29.2 Å². The predicted octanol–water partition coefficient (Wildman–Crippen LogP) is 0.864. The first-order valence-electron chi connectivity index (χ1n) is 6.55. The maximum absolute atomic E-state index is 11.8. The molecule has 1 amide bonds. The average molecular weight is 313 g/mol. The first-order valence-corrected chi connectivity index (χ1v) is 8.16. The van der Waals surface area contributed by atoms with E-state index in [2.05, 4.69) is 10.7 Å². The van der Waals surface area contributed by atoms with Crippen LogP contribution in [-0.2, 0) is 14.9 Å². The largest absolute Gasteiger partial charge is 0.384 e. The molecule has 1 heterocycles. The van der Waals surface area contributed by atoms with Crippen LogP contribution in [0.4, 0.5) is 11.4 Å². The van der Waals surface area contributed by atoms with Crippen molar-refractivity contribution >= 4 is 27.4 Å². The molecule has 1 aromatic rings. The molecule has 0 aromatic heterocycles. The van der Waals surface area contributed by atoms with Gasteiger partial charge in [0.2, 0.25) is 5.91 Å². The van der Waals surface area contributed by atoms with Crippen LogP contribution in [0.2, 0.25) is 0 Å². The molecule has 0 aliphatic carbocycles. The molecule has 0 saturated carbocycles. The molecule has 2 rings (SSSR count). The van der Waals surface area contributed by atoms with Gasteiger partial charge in [0.15, 0.2) is 0 Å². The van der Waals surface area contributed by atoms with Crippen molar-refractivity contribution in [2.45, 2.75) is 13.8 Å². The summed E-state index contributed by atoms with van der Waals surface area (Å²) in [6.45, 7) is 4.41. The van der Waals surface area contributed by atoms with Crippen LogP contribution in [0.15, 0.2) is 24.3 Å².